The van der Waals surface area contributed by atoms with E-state index in [0.29, 0.717) is 12.7 Å². The smallest absolute Gasteiger partial charge is 0.180 e. The van der Waals surface area contributed by atoms with Gasteiger partial charge in [-0.15, -0.1) is 0 Å². The second-order valence-corrected chi connectivity index (χ2v) is 7.67. The zero-order valence-corrected chi connectivity index (χ0v) is 17.6. The van der Waals surface area contributed by atoms with Gasteiger partial charge in [-0.05, 0) is 26.2 Å². The summed E-state index contributed by atoms with van der Waals surface area (Å²) in [6.45, 7) is 7.30. The first-order valence-electron chi connectivity index (χ1n) is 10.5. The Morgan fingerprint density at radius 2 is 1.58 bits per heavy atom. The van der Waals surface area contributed by atoms with Crippen molar-refractivity contribution in [2.24, 2.45) is 0 Å². The summed E-state index contributed by atoms with van der Waals surface area (Å²) in [6.07, 6.45) is 12.4. The van der Waals surface area contributed by atoms with Gasteiger partial charge in [-0.25, -0.2) is 0 Å². The molecule has 2 unspecified atom stereocenters. The van der Waals surface area contributed by atoms with E-state index in [-0.39, 0.29) is 11.9 Å². The van der Waals surface area contributed by atoms with Crippen molar-refractivity contribution in [3.05, 3.63) is 0 Å². The van der Waals surface area contributed by atoms with Crippen molar-refractivity contribution in [1.82, 2.24) is 0 Å². The summed E-state index contributed by atoms with van der Waals surface area (Å²) in [5.74, 6) is 0. The summed E-state index contributed by atoms with van der Waals surface area (Å²) in [5.41, 5.74) is -0.141. The zero-order chi connectivity index (χ0) is 19.1. The third-order valence-corrected chi connectivity index (χ3v) is 5.10. The van der Waals surface area contributed by atoms with Crippen LogP contribution in [0.25, 0.3) is 0 Å². The minimum atomic E-state index is -0.299. The lowest BCUT2D eigenvalue weighted by Gasteiger charge is -2.31. The molecule has 0 radical (unpaired) electrons. The summed E-state index contributed by atoms with van der Waals surface area (Å²) < 4.78 is 27.6. The fourth-order valence-corrected chi connectivity index (χ4v) is 3.15. The number of unbranched alkanes of at least 4 members (excludes halogenated alkanes) is 6. The van der Waals surface area contributed by atoms with Crippen molar-refractivity contribution >= 4 is 0 Å². The molecule has 5 heteroatoms. The second kappa shape index (κ2) is 14.8. The Kier molecular flexibility index (Phi) is 13.6. The van der Waals surface area contributed by atoms with E-state index in [2.05, 4.69) is 13.8 Å². The fourth-order valence-electron chi connectivity index (χ4n) is 3.15. The first kappa shape index (κ1) is 23.8. The van der Waals surface area contributed by atoms with E-state index in [1.165, 1.54) is 44.9 Å². The van der Waals surface area contributed by atoms with E-state index < -0.39 is 0 Å². The van der Waals surface area contributed by atoms with Crippen LogP contribution >= 0.6 is 0 Å². The Labute approximate surface area is 161 Å². The highest BCUT2D eigenvalue weighted by Gasteiger charge is 2.26. The molecule has 0 N–H and O–H groups in total. The van der Waals surface area contributed by atoms with Crippen molar-refractivity contribution in [2.45, 2.75) is 96.1 Å². The minimum Gasteiger partial charge on any atom is -0.379 e. The lowest BCUT2D eigenvalue weighted by Crippen LogP contribution is -2.34. The number of ether oxygens (including phenoxy) is 5. The van der Waals surface area contributed by atoms with Gasteiger partial charge in [0.15, 0.2) is 6.29 Å². The number of epoxide rings is 1. The van der Waals surface area contributed by atoms with Crippen LogP contribution in [0.3, 0.4) is 0 Å². The molecule has 156 valence electrons. The molecule has 0 bridgehead atoms. The Morgan fingerprint density at radius 3 is 2.19 bits per heavy atom. The third kappa shape index (κ3) is 12.2. The number of rotatable bonds is 19. The Hall–Kier alpha value is -0.200. The molecule has 2 atom stereocenters. The average Bonchev–Trinajstić information content (AvgIpc) is 3.46. The van der Waals surface area contributed by atoms with Crippen molar-refractivity contribution in [3.8, 4) is 0 Å². The van der Waals surface area contributed by atoms with Crippen LogP contribution in [0.15, 0.2) is 0 Å². The molecule has 0 aromatic carbocycles. The molecule has 1 rings (SSSR count). The van der Waals surface area contributed by atoms with Crippen LogP contribution in [0.4, 0.5) is 0 Å². The van der Waals surface area contributed by atoms with E-state index in [0.717, 1.165) is 39.1 Å². The Bertz CT molecular complexity index is 318. The molecule has 5 nitrogen and oxygen atoms in total. The molecule has 0 aromatic heterocycles. The van der Waals surface area contributed by atoms with Crippen LogP contribution in [0, 0.1) is 0 Å². The zero-order valence-electron chi connectivity index (χ0n) is 17.6. The van der Waals surface area contributed by atoms with E-state index in [1.807, 2.05) is 0 Å². The predicted molar refractivity (Wildman–Crippen MR) is 105 cm³/mol. The Balaban J connectivity index is 2.24. The third-order valence-electron chi connectivity index (χ3n) is 5.10. The van der Waals surface area contributed by atoms with E-state index in [4.69, 9.17) is 23.7 Å². The van der Waals surface area contributed by atoms with Gasteiger partial charge >= 0.3 is 0 Å². The van der Waals surface area contributed by atoms with Gasteiger partial charge in [-0.2, -0.15) is 0 Å². The van der Waals surface area contributed by atoms with Crippen LogP contribution in [0.1, 0.15) is 78.1 Å². The van der Waals surface area contributed by atoms with Gasteiger partial charge in [-0.1, -0.05) is 51.9 Å². The molecule has 1 aliphatic rings. The average molecular weight is 375 g/mol. The highest BCUT2D eigenvalue weighted by Crippen LogP contribution is 2.26. The van der Waals surface area contributed by atoms with Gasteiger partial charge < -0.3 is 23.7 Å². The first-order chi connectivity index (χ1) is 12.6. The molecule has 1 heterocycles. The summed E-state index contributed by atoms with van der Waals surface area (Å²) >= 11 is 0. The summed E-state index contributed by atoms with van der Waals surface area (Å²) in [5, 5.41) is 0. The molecule has 1 fully saturated rings. The molecular weight excluding hydrogens is 332 g/mol. The van der Waals surface area contributed by atoms with Gasteiger partial charge in [0.1, 0.15) is 6.10 Å². The monoisotopic (exact) mass is 374 g/mol. The topological polar surface area (TPSA) is 49.5 Å². The minimum absolute atomic E-state index is 0.141. The maximum atomic E-state index is 6.23. The summed E-state index contributed by atoms with van der Waals surface area (Å²) in [6, 6.07) is 0. The Morgan fingerprint density at radius 1 is 0.962 bits per heavy atom. The molecule has 0 aromatic rings. The van der Waals surface area contributed by atoms with Crippen LogP contribution in [0.5, 0.6) is 0 Å². The van der Waals surface area contributed by atoms with Crippen LogP contribution in [-0.2, 0) is 23.7 Å². The van der Waals surface area contributed by atoms with E-state index in [1.54, 1.807) is 14.2 Å². The largest absolute Gasteiger partial charge is 0.379 e. The van der Waals surface area contributed by atoms with Gasteiger partial charge in [0.2, 0.25) is 0 Å². The molecule has 0 amide bonds. The van der Waals surface area contributed by atoms with Crippen LogP contribution < -0.4 is 0 Å². The number of hydrogen-bond acceptors (Lipinski definition) is 5. The highest BCUT2D eigenvalue weighted by atomic mass is 16.7. The predicted octanol–water partition coefficient (Wildman–Crippen LogP) is 4.72. The molecule has 1 aliphatic heterocycles. The van der Waals surface area contributed by atoms with E-state index >= 15 is 0 Å². The van der Waals surface area contributed by atoms with Gasteiger partial charge in [-0.3, -0.25) is 0 Å². The summed E-state index contributed by atoms with van der Waals surface area (Å²) in [4.78, 5) is 0. The molecule has 0 aliphatic carbocycles. The normalized spacial score (nSPS) is 19.0. The van der Waals surface area contributed by atoms with Gasteiger partial charge in [0, 0.05) is 20.8 Å². The van der Waals surface area contributed by atoms with Crippen LogP contribution in [-0.4, -0.2) is 58.6 Å². The molecule has 1 saturated heterocycles. The fraction of sp³-hybridized carbons (Fsp3) is 1.00. The highest BCUT2D eigenvalue weighted by molar-refractivity contribution is 4.76. The van der Waals surface area contributed by atoms with Crippen molar-refractivity contribution in [2.75, 3.05) is 40.6 Å². The summed E-state index contributed by atoms with van der Waals surface area (Å²) in [7, 11) is 3.30. The standard InChI is InChI=1S/C21H42O5/c1-5-6-7-8-9-10-11-13-21(2,26-18-20(22-3)23-4)14-12-15-24-16-19-17-25-19/h19-20H,5-18H2,1-4H3. The van der Waals surface area contributed by atoms with Crippen molar-refractivity contribution in [3.63, 3.8) is 0 Å². The van der Waals surface area contributed by atoms with Gasteiger partial charge in [0.25, 0.3) is 0 Å². The van der Waals surface area contributed by atoms with E-state index in [9.17, 15) is 0 Å². The first-order valence-corrected chi connectivity index (χ1v) is 10.5. The van der Waals surface area contributed by atoms with Crippen molar-refractivity contribution < 1.29 is 23.7 Å². The lowest BCUT2D eigenvalue weighted by atomic mass is 9.92. The maximum absolute atomic E-state index is 6.23. The number of hydrogen-bond donors (Lipinski definition) is 0. The quantitative estimate of drug-likeness (QED) is 0.186. The molecule has 26 heavy (non-hydrogen) atoms. The van der Waals surface area contributed by atoms with Gasteiger partial charge in [0.05, 0.1) is 25.4 Å². The molecular formula is C21H42O5. The maximum Gasteiger partial charge on any atom is 0.180 e. The second-order valence-electron chi connectivity index (χ2n) is 7.67. The lowest BCUT2D eigenvalue weighted by molar-refractivity contribution is -0.173. The number of methoxy groups -OCH3 is 2. The van der Waals surface area contributed by atoms with Crippen LogP contribution in [0.2, 0.25) is 0 Å². The SMILES string of the molecule is CCCCCCCCCC(C)(CCCOCC1CO1)OCC(OC)OC. The molecule has 0 spiro atoms. The van der Waals surface area contributed by atoms with Crippen molar-refractivity contribution in [1.29, 1.82) is 0 Å². The molecule has 0 saturated carbocycles.